The number of aromatic amines is 1. The van der Waals surface area contributed by atoms with Crippen LogP contribution in [0.2, 0.25) is 0 Å². The van der Waals surface area contributed by atoms with Crippen LogP contribution in [0, 0.1) is 0 Å². The van der Waals surface area contributed by atoms with E-state index in [-0.39, 0.29) is 0 Å². The van der Waals surface area contributed by atoms with Gasteiger partial charge in [0.25, 0.3) is 0 Å². The highest BCUT2D eigenvalue weighted by atomic mass is 16.6. The maximum absolute atomic E-state index is 10.5. The Labute approximate surface area is 130 Å². The number of H-pyrrole nitrogens is 1. The molecule has 0 aliphatic carbocycles. The van der Waals surface area contributed by atoms with E-state index in [1.54, 1.807) is 6.92 Å². The van der Waals surface area contributed by atoms with Gasteiger partial charge in [-0.25, -0.2) is 0 Å². The van der Waals surface area contributed by atoms with Gasteiger partial charge in [-0.05, 0) is 18.2 Å². The number of aliphatic hydroxyl groups is 1. The van der Waals surface area contributed by atoms with Gasteiger partial charge in [0, 0.05) is 29.3 Å². The van der Waals surface area contributed by atoms with E-state index in [1.165, 1.54) is 0 Å². The minimum absolute atomic E-state index is 0.291. The normalized spacial score (nSPS) is 14.6. The average Bonchev–Trinajstić information content (AvgIpc) is 2.84. The van der Waals surface area contributed by atoms with Crippen LogP contribution in [0.25, 0.3) is 21.8 Å². The molecule has 0 aliphatic heterocycles. The molecule has 2 aromatic carbocycles. The molecular formula is C18H22N2O2. The highest BCUT2D eigenvalue weighted by Crippen LogP contribution is 2.34. The van der Waals surface area contributed by atoms with Gasteiger partial charge in [-0.1, -0.05) is 38.1 Å². The summed E-state index contributed by atoms with van der Waals surface area (Å²) in [7, 11) is 0. The van der Waals surface area contributed by atoms with Crippen LogP contribution < -0.4 is 10.1 Å². The summed E-state index contributed by atoms with van der Waals surface area (Å²) in [5, 5.41) is 15.8. The van der Waals surface area contributed by atoms with Crippen LogP contribution in [0.5, 0.6) is 5.75 Å². The van der Waals surface area contributed by atoms with Gasteiger partial charge in [-0.2, -0.15) is 0 Å². The zero-order valence-corrected chi connectivity index (χ0v) is 13.2. The van der Waals surface area contributed by atoms with Gasteiger partial charge in [0.15, 0.2) is 0 Å². The Morgan fingerprint density at radius 1 is 1.14 bits per heavy atom. The molecule has 1 atom stereocenters. The second-order valence-electron chi connectivity index (χ2n) is 6.16. The molecule has 1 unspecified atom stereocenters. The molecule has 0 amide bonds. The summed E-state index contributed by atoms with van der Waals surface area (Å²) < 4.78 is 5.91. The van der Waals surface area contributed by atoms with Crippen molar-refractivity contribution < 1.29 is 9.84 Å². The maximum atomic E-state index is 10.5. The summed E-state index contributed by atoms with van der Waals surface area (Å²) in [5.41, 5.74) is 2.07. The van der Waals surface area contributed by atoms with Gasteiger partial charge in [0.2, 0.25) is 5.79 Å². The van der Waals surface area contributed by atoms with Crippen molar-refractivity contribution in [1.82, 2.24) is 10.3 Å². The lowest BCUT2D eigenvalue weighted by Gasteiger charge is -2.26. The molecule has 1 aromatic heterocycles. The van der Waals surface area contributed by atoms with Crippen molar-refractivity contribution in [3.05, 3.63) is 42.5 Å². The molecule has 4 nitrogen and oxygen atoms in total. The van der Waals surface area contributed by atoms with E-state index in [4.69, 9.17) is 4.74 Å². The first kappa shape index (κ1) is 14.9. The van der Waals surface area contributed by atoms with Crippen LogP contribution >= 0.6 is 0 Å². The molecule has 22 heavy (non-hydrogen) atoms. The predicted octanol–water partition coefficient (Wildman–Crippen LogP) is 3.41. The molecule has 3 rings (SSSR count). The molecule has 3 aromatic rings. The van der Waals surface area contributed by atoms with Gasteiger partial charge in [0.05, 0.1) is 12.1 Å². The third-order valence-electron chi connectivity index (χ3n) is 3.66. The summed E-state index contributed by atoms with van der Waals surface area (Å²) in [6.45, 7) is 6.12. The number of ether oxygens (including phenoxy) is 1. The minimum Gasteiger partial charge on any atom is -0.461 e. The van der Waals surface area contributed by atoms with E-state index < -0.39 is 5.79 Å². The number of nitrogens with one attached hydrogen (secondary N) is 2. The van der Waals surface area contributed by atoms with Gasteiger partial charge in [-0.3, -0.25) is 0 Å². The van der Waals surface area contributed by atoms with Crippen molar-refractivity contribution in [2.24, 2.45) is 0 Å². The first-order valence-corrected chi connectivity index (χ1v) is 7.60. The molecule has 116 valence electrons. The molecule has 0 bridgehead atoms. The minimum atomic E-state index is -1.27. The summed E-state index contributed by atoms with van der Waals surface area (Å²) in [5.74, 6) is -0.581. The van der Waals surface area contributed by atoms with E-state index in [0.717, 1.165) is 21.8 Å². The number of rotatable bonds is 5. The second-order valence-corrected chi connectivity index (χ2v) is 6.16. The van der Waals surface area contributed by atoms with Crippen molar-refractivity contribution in [1.29, 1.82) is 0 Å². The van der Waals surface area contributed by atoms with Crippen LogP contribution in [0.3, 0.4) is 0 Å². The fraction of sp³-hybridized carbons (Fsp3) is 0.333. The predicted molar refractivity (Wildman–Crippen MR) is 90.2 cm³/mol. The Kier molecular flexibility index (Phi) is 3.81. The Bertz CT molecular complexity index is 790. The van der Waals surface area contributed by atoms with Gasteiger partial charge < -0.3 is 20.1 Å². The lowest BCUT2D eigenvalue weighted by atomic mass is 10.1. The molecule has 0 saturated carbocycles. The number of fused-ring (bicyclic) bond motifs is 3. The third-order valence-corrected chi connectivity index (χ3v) is 3.66. The van der Waals surface area contributed by atoms with E-state index in [0.29, 0.717) is 18.3 Å². The Balaban J connectivity index is 2.00. The van der Waals surface area contributed by atoms with Gasteiger partial charge >= 0.3 is 0 Å². The molecule has 4 heteroatoms. The number of benzene rings is 2. The SMILES string of the molecule is CC(C)NCC(C)(O)Oc1cccc2[nH]c3ccccc3c12. The maximum Gasteiger partial charge on any atom is 0.217 e. The monoisotopic (exact) mass is 298 g/mol. The first-order valence-electron chi connectivity index (χ1n) is 7.60. The van der Waals surface area contributed by atoms with Crippen molar-refractivity contribution in [2.45, 2.75) is 32.6 Å². The van der Waals surface area contributed by atoms with Gasteiger partial charge in [0.1, 0.15) is 5.75 Å². The number of para-hydroxylation sites is 1. The van der Waals surface area contributed by atoms with E-state index in [2.05, 4.69) is 16.4 Å². The van der Waals surface area contributed by atoms with E-state index in [9.17, 15) is 5.11 Å². The average molecular weight is 298 g/mol. The molecule has 0 aliphatic rings. The van der Waals surface area contributed by atoms with Crippen molar-refractivity contribution in [3.63, 3.8) is 0 Å². The zero-order chi connectivity index (χ0) is 15.7. The van der Waals surface area contributed by atoms with Crippen LogP contribution in [0.15, 0.2) is 42.5 Å². The van der Waals surface area contributed by atoms with Crippen LogP contribution in [-0.4, -0.2) is 28.5 Å². The van der Waals surface area contributed by atoms with E-state index in [1.807, 2.05) is 50.2 Å². The highest BCUT2D eigenvalue weighted by Gasteiger charge is 2.24. The molecule has 0 spiro atoms. The standard InChI is InChI=1S/C18H22N2O2/c1-12(2)19-11-18(3,21)22-16-10-6-9-15-17(16)13-7-4-5-8-14(13)20-15/h4-10,12,19-21H,11H2,1-3H3. The second kappa shape index (κ2) is 5.63. The molecule has 0 radical (unpaired) electrons. The van der Waals surface area contributed by atoms with Crippen LogP contribution in [0.1, 0.15) is 20.8 Å². The largest absolute Gasteiger partial charge is 0.461 e. The molecule has 1 heterocycles. The number of hydrogen-bond acceptors (Lipinski definition) is 3. The smallest absolute Gasteiger partial charge is 0.217 e. The lowest BCUT2D eigenvalue weighted by molar-refractivity contribution is -0.118. The Morgan fingerprint density at radius 3 is 2.64 bits per heavy atom. The van der Waals surface area contributed by atoms with E-state index >= 15 is 0 Å². The molecular weight excluding hydrogens is 276 g/mol. The van der Waals surface area contributed by atoms with Crippen molar-refractivity contribution >= 4 is 21.8 Å². The Morgan fingerprint density at radius 2 is 1.86 bits per heavy atom. The molecule has 0 saturated heterocycles. The fourth-order valence-electron chi connectivity index (χ4n) is 2.62. The quantitative estimate of drug-likeness (QED) is 0.633. The lowest BCUT2D eigenvalue weighted by Crippen LogP contribution is -2.45. The van der Waals surface area contributed by atoms with Crippen LogP contribution in [-0.2, 0) is 0 Å². The number of aromatic nitrogens is 1. The van der Waals surface area contributed by atoms with Gasteiger partial charge in [-0.15, -0.1) is 0 Å². The fourth-order valence-corrected chi connectivity index (χ4v) is 2.62. The van der Waals surface area contributed by atoms with Crippen molar-refractivity contribution in [2.75, 3.05) is 6.54 Å². The molecule has 3 N–H and O–H groups in total. The molecule has 0 fully saturated rings. The topological polar surface area (TPSA) is 57.3 Å². The number of hydrogen-bond donors (Lipinski definition) is 3. The summed E-state index contributed by atoms with van der Waals surface area (Å²) in [6, 6.07) is 14.2. The first-order chi connectivity index (χ1) is 10.5. The highest BCUT2D eigenvalue weighted by molar-refractivity contribution is 6.10. The third kappa shape index (κ3) is 2.93. The summed E-state index contributed by atoms with van der Waals surface area (Å²) >= 11 is 0. The van der Waals surface area contributed by atoms with Crippen LogP contribution in [0.4, 0.5) is 0 Å². The van der Waals surface area contributed by atoms with Crippen molar-refractivity contribution in [3.8, 4) is 5.75 Å². The Hall–Kier alpha value is -2.04. The zero-order valence-electron chi connectivity index (χ0n) is 13.2. The summed E-state index contributed by atoms with van der Waals surface area (Å²) in [6.07, 6.45) is 0. The summed E-state index contributed by atoms with van der Waals surface area (Å²) in [4.78, 5) is 3.38.